The maximum absolute atomic E-state index is 11.1. The van der Waals surface area contributed by atoms with Gasteiger partial charge in [-0.15, -0.1) is 0 Å². The molecule has 1 unspecified atom stereocenters. The molecule has 1 atom stereocenters. The minimum Gasteiger partial charge on any atom is -0.486 e. The van der Waals surface area contributed by atoms with E-state index in [2.05, 4.69) is 10.6 Å². The molecule has 3 rings (SSSR count). The minimum atomic E-state index is 0.130. The van der Waals surface area contributed by atoms with Gasteiger partial charge in [0.25, 0.3) is 0 Å². The van der Waals surface area contributed by atoms with Gasteiger partial charge in [0.1, 0.15) is 13.2 Å². The fraction of sp³-hybridized carbons (Fsp3) is 0.500. The lowest BCUT2D eigenvalue weighted by molar-refractivity contribution is -0.122. The van der Waals surface area contributed by atoms with Crippen LogP contribution in [0.3, 0.4) is 0 Å². The standard InChI is InChI=1S/C14H17ClN2O3/c15-11-5-9(6-12-14(11)20-4-3-19-12)7-16-10-1-2-13(18)17-8-10/h5-6,10,16H,1-4,7-8H2,(H,17,18). The van der Waals surface area contributed by atoms with E-state index in [0.29, 0.717) is 55.3 Å². The van der Waals surface area contributed by atoms with Crippen molar-refractivity contribution in [2.24, 2.45) is 0 Å². The smallest absolute Gasteiger partial charge is 0.220 e. The molecule has 0 spiro atoms. The number of fused-ring (bicyclic) bond motifs is 1. The third-order valence-electron chi connectivity index (χ3n) is 3.52. The average Bonchev–Trinajstić information content (AvgIpc) is 2.47. The molecule has 0 bridgehead atoms. The van der Waals surface area contributed by atoms with Crippen molar-refractivity contribution >= 4 is 17.5 Å². The molecule has 0 radical (unpaired) electrons. The van der Waals surface area contributed by atoms with Crippen LogP contribution in [-0.4, -0.2) is 31.7 Å². The van der Waals surface area contributed by atoms with Crippen LogP contribution in [0.4, 0.5) is 0 Å². The number of halogens is 1. The number of hydrogen-bond donors (Lipinski definition) is 2. The van der Waals surface area contributed by atoms with Crippen molar-refractivity contribution in [1.29, 1.82) is 0 Å². The monoisotopic (exact) mass is 296 g/mol. The fourth-order valence-electron chi connectivity index (χ4n) is 2.44. The van der Waals surface area contributed by atoms with Gasteiger partial charge in [0, 0.05) is 25.6 Å². The lowest BCUT2D eigenvalue weighted by atomic mass is 10.1. The Labute approximate surface area is 122 Å². The van der Waals surface area contributed by atoms with E-state index in [1.54, 1.807) is 0 Å². The SMILES string of the molecule is O=C1CCC(NCc2cc(Cl)c3c(c2)OCCO3)CN1. The van der Waals surface area contributed by atoms with E-state index < -0.39 is 0 Å². The molecule has 2 aliphatic rings. The summed E-state index contributed by atoms with van der Waals surface area (Å²) >= 11 is 6.20. The summed E-state index contributed by atoms with van der Waals surface area (Å²) in [6.07, 6.45) is 1.45. The van der Waals surface area contributed by atoms with Crippen LogP contribution < -0.4 is 20.1 Å². The third-order valence-corrected chi connectivity index (χ3v) is 3.80. The van der Waals surface area contributed by atoms with Gasteiger partial charge in [-0.1, -0.05) is 11.6 Å². The van der Waals surface area contributed by atoms with E-state index in [1.807, 2.05) is 12.1 Å². The van der Waals surface area contributed by atoms with Gasteiger partial charge in [-0.2, -0.15) is 0 Å². The molecule has 20 heavy (non-hydrogen) atoms. The third kappa shape index (κ3) is 2.99. The van der Waals surface area contributed by atoms with E-state index in [0.717, 1.165) is 12.0 Å². The topological polar surface area (TPSA) is 59.6 Å². The van der Waals surface area contributed by atoms with Crippen molar-refractivity contribution in [3.05, 3.63) is 22.7 Å². The summed E-state index contributed by atoms with van der Waals surface area (Å²) in [5, 5.41) is 6.86. The van der Waals surface area contributed by atoms with Crippen molar-refractivity contribution in [3.8, 4) is 11.5 Å². The molecule has 0 saturated carbocycles. The van der Waals surface area contributed by atoms with Gasteiger partial charge < -0.3 is 20.1 Å². The summed E-state index contributed by atoms with van der Waals surface area (Å²) in [5.41, 5.74) is 1.05. The number of carbonyl (C=O) groups excluding carboxylic acids is 1. The normalized spacial score (nSPS) is 21.4. The predicted molar refractivity (Wildman–Crippen MR) is 75.3 cm³/mol. The first-order valence-corrected chi connectivity index (χ1v) is 7.18. The Balaban J connectivity index is 1.63. The van der Waals surface area contributed by atoms with Gasteiger partial charge in [-0.25, -0.2) is 0 Å². The molecule has 1 fully saturated rings. The number of amides is 1. The Bertz CT molecular complexity index is 511. The van der Waals surface area contributed by atoms with E-state index in [9.17, 15) is 4.79 Å². The van der Waals surface area contributed by atoms with E-state index in [-0.39, 0.29) is 5.91 Å². The van der Waals surface area contributed by atoms with Crippen molar-refractivity contribution in [1.82, 2.24) is 10.6 Å². The Morgan fingerprint density at radius 3 is 3.00 bits per heavy atom. The van der Waals surface area contributed by atoms with Crippen LogP contribution in [0.25, 0.3) is 0 Å². The summed E-state index contributed by atoms with van der Waals surface area (Å²) in [4.78, 5) is 11.1. The fourth-order valence-corrected chi connectivity index (χ4v) is 2.72. The zero-order valence-corrected chi connectivity index (χ0v) is 11.8. The van der Waals surface area contributed by atoms with Gasteiger partial charge in [-0.3, -0.25) is 4.79 Å². The maximum Gasteiger partial charge on any atom is 0.220 e. The van der Waals surface area contributed by atoms with Crippen LogP contribution in [0.5, 0.6) is 11.5 Å². The molecule has 6 heteroatoms. The van der Waals surface area contributed by atoms with E-state index >= 15 is 0 Å². The molecule has 0 aliphatic carbocycles. The van der Waals surface area contributed by atoms with Crippen LogP contribution in [0.15, 0.2) is 12.1 Å². The van der Waals surface area contributed by atoms with Crippen molar-refractivity contribution in [3.63, 3.8) is 0 Å². The molecule has 2 N–H and O–H groups in total. The van der Waals surface area contributed by atoms with Gasteiger partial charge in [-0.05, 0) is 24.1 Å². The number of benzene rings is 1. The number of ether oxygens (including phenoxy) is 2. The van der Waals surface area contributed by atoms with Gasteiger partial charge in [0.05, 0.1) is 5.02 Å². The quantitative estimate of drug-likeness (QED) is 0.887. The summed E-state index contributed by atoms with van der Waals surface area (Å²) in [6, 6.07) is 4.15. The lowest BCUT2D eigenvalue weighted by Gasteiger charge is -2.24. The second kappa shape index (κ2) is 5.89. The highest BCUT2D eigenvalue weighted by molar-refractivity contribution is 6.32. The van der Waals surface area contributed by atoms with Gasteiger partial charge in [0.2, 0.25) is 5.91 Å². The summed E-state index contributed by atoms with van der Waals surface area (Å²) in [5.74, 6) is 1.47. The number of carbonyl (C=O) groups is 1. The highest BCUT2D eigenvalue weighted by Crippen LogP contribution is 2.38. The Hall–Kier alpha value is -1.46. The molecule has 2 aliphatic heterocycles. The molecule has 108 valence electrons. The molecule has 2 heterocycles. The molecule has 1 aromatic carbocycles. The molecular formula is C14H17ClN2O3. The highest BCUT2D eigenvalue weighted by Gasteiger charge is 2.19. The molecule has 5 nitrogen and oxygen atoms in total. The van der Waals surface area contributed by atoms with Crippen LogP contribution in [0.2, 0.25) is 5.02 Å². The number of nitrogens with one attached hydrogen (secondary N) is 2. The lowest BCUT2D eigenvalue weighted by Crippen LogP contribution is -2.45. The zero-order chi connectivity index (χ0) is 13.9. The summed E-state index contributed by atoms with van der Waals surface area (Å²) in [7, 11) is 0. The minimum absolute atomic E-state index is 0.130. The van der Waals surface area contributed by atoms with Gasteiger partial charge in [0.15, 0.2) is 11.5 Å². The van der Waals surface area contributed by atoms with Gasteiger partial charge >= 0.3 is 0 Å². The number of rotatable bonds is 3. The molecule has 1 aromatic rings. The predicted octanol–water partition coefficient (Wildman–Crippen LogP) is 1.48. The first kappa shape index (κ1) is 13.5. The number of piperidine rings is 1. The van der Waals surface area contributed by atoms with Crippen molar-refractivity contribution in [2.45, 2.75) is 25.4 Å². The van der Waals surface area contributed by atoms with Crippen LogP contribution in [0, 0.1) is 0 Å². The first-order valence-electron chi connectivity index (χ1n) is 6.80. The van der Waals surface area contributed by atoms with E-state index in [4.69, 9.17) is 21.1 Å². The maximum atomic E-state index is 11.1. The molecule has 1 amide bonds. The highest BCUT2D eigenvalue weighted by atomic mass is 35.5. The molecular weight excluding hydrogens is 280 g/mol. The molecule has 1 saturated heterocycles. The summed E-state index contributed by atoms with van der Waals surface area (Å²) in [6.45, 7) is 2.45. The number of hydrogen-bond acceptors (Lipinski definition) is 4. The van der Waals surface area contributed by atoms with Crippen LogP contribution in [-0.2, 0) is 11.3 Å². The zero-order valence-electron chi connectivity index (χ0n) is 11.1. The Morgan fingerprint density at radius 2 is 2.20 bits per heavy atom. The van der Waals surface area contributed by atoms with Crippen molar-refractivity contribution < 1.29 is 14.3 Å². The second-order valence-corrected chi connectivity index (χ2v) is 5.43. The summed E-state index contributed by atoms with van der Waals surface area (Å²) < 4.78 is 11.0. The molecule has 0 aromatic heterocycles. The van der Waals surface area contributed by atoms with Crippen LogP contribution >= 0.6 is 11.6 Å². The second-order valence-electron chi connectivity index (χ2n) is 5.02. The van der Waals surface area contributed by atoms with Crippen LogP contribution in [0.1, 0.15) is 18.4 Å². The largest absolute Gasteiger partial charge is 0.486 e. The Kier molecular flexibility index (Phi) is 3.98. The Morgan fingerprint density at radius 1 is 1.35 bits per heavy atom. The van der Waals surface area contributed by atoms with E-state index in [1.165, 1.54) is 0 Å². The first-order chi connectivity index (χ1) is 9.72. The van der Waals surface area contributed by atoms with Crippen molar-refractivity contribution in [2.75, 3.05) is 19.8 Å². The average molecular weight is 297 g/mol.